The fraction of sp³-hybridized carbons (Fsp3) is 0.409. The van der Waals surface area contributed by atoms with Crippen molar-refractivity contribution in [3.8, 4) is 0 Å². The quantitative estimate of drug-likeness (QED) is 0.0445. The van der Waals surface area contributed by atoms with Crippen molar-refractivity contribution >= 4 is 44.5 Å². The van der Waals surface area contributed by atoms with Crippen LogP contribution in [-0.2, 0) is 15.6 Å². The first-order valence-corrected chi connectivity index (χ1v) is 18.8. The number of nitrogens with one attached hydrogen (secondary N) is 1. The van der Waals surface area contributed by atoms with Gasteiger partial charge in [0.25, 0.3) is 0 Å². The Morgan fingerprint density at radius 2 is 1.57 bits per heavy atom. The molecule has 2 heterocycles. The molecular weight excluding hydrogens is 629 g/mol. The summed E-state index contributed by atoms with van der Waals surface area (Å²) in [6.07, 6.45) is 13.3. The van der Waals surface area contributed by atoms with Crippen molar-refractivity contribution in [1.82, 2.24) is 5.32 Å². The molecule has 0 radical (unpaired) electrons. The normalized spacial score (nSPS) is 16.6. The van der Waals surface area contributed by atoms with E-state index in [2.05, 4.69) is 150 Å². The van der Waals surface area contributed by atoms with Crippen molar-refractivity contribution in [2.24, 2.45) is 5.11 Å². The number of nitrogens with zero attached hydrogens (tertiary/aromatic N) is 5. The van der Waals surface area contributed by atoms with Gasteiger partial charge in [-0.05, 0) is 90.4 Å². The third-order valence-corrected chi connectivity index (χ3v) is 10.9. The van der Waals surface area contributed by atoms with Crippen LogP contribution in [0.3, 0.4) is 0 Å². The molecule has 4 aromatic carbocycles. The Hall–Kier alpha value is -4.87. The van der Waals surface area contributed by atoms with Crippen LogP contribution in [0.4, 0.5) is 11.4 Å². The lowest BCUT2D eigenvalue weighted by molar-refractivity contribution is -0.438. The summed E-state index contributed by atoms with van der Waals surface area (Å²) >= 11 is 0. The van der Waals surface area contributed by atoms with Crippen LogP contribution in [0, 0.1) is 0 Å². The number of rotatable bonds is 15. The van der Waals surface area contributed by atoms with Gasteiger partial charge in [-0.2, -0.15) is 4.58 Å². The van der Waals surface area contributed by atoms with Crippen molar-refractivity contribution in [2.45, 2.75) is 90.4 Å². The van der Waals surface area contributed by atoms with Gasteiger partial charge in [0, 0.05) is 71.9 Å². The van der Waals surface area contributed by atoms with Gasteiger partial charge in [0.15, 0.2) is 5.71 Å². The molecule has 7 heteroatoms. The fourth-order valence-corrected chi connectivity index (χ4v) is 8.34. The number of hydrogen-bond donors (Lipinski definition) is 1. The molecule has 0 aliphatic carbocycles. The molecular formula is C44H53N6O+. The van der Waals surface area contributed by atoms with Crippen LogP contribution in [0.1, 0.15) is 90.7 Å². The number of hydrogen-bond acceptors (Lipinski definition) is 3. The van der Waals surface area contributed by atoms with Crippen LogP contribution in [-0.4, -0.2) is 42.4 Å². The van der Waals surface area contributed by atoms with E-state index in [1.165, 1.54) is 55.5 Å². The van der Waals surface area contributed by atoms with E-state index in [0.29, 0.717) is 25.9 Å². The number of carbonyl (C=O) groups excluding carboxylic acids is 1. The molecule has 0 spiro atoms. The summed E-state index contributed by atoms with van der Waals surface area (Å²) in [5.74, 6) is 0.0660. The highest BCUT2D eigenvalue weighted by Gasteiger charge is 2.45. The zero-order valence-electron chi connectivity index (χ0n) is 31.1. The molecule has 51 heavy (non-hydrogen) atoms. The van der Waals surface area contributed by atoms with Crippen molar-refractivity contribution < 1.29 is 9.37 Å². The Morgan fingerprint density at radius 3 is 2.29 bits per heavy atom. The standard InChI is InChI=1S/C44H52N6O/c1-6-7-30-49-36-26-24-32-17-10-12-19-34(32)41(36)43(2,3)38(49)21-15-22-39-44(4,5)42-35-20-13-11-18-33(35)25-27-37(42)50(39)31-14-8-9-23-40(51)46-28-16-29-47-48-45/h10-13,15,17-22,24-27H,6-9,14,16,23,28-31H2,1-5H3/p+1. The van der Waals surface area contributed by atoms with Gasteiger partial charge in [0.1, 0.15) is 6.54 Å². The average molecular weight is 682 g/mol. The van der Waals surface area contributed by atoms with E-state index in [4.69, 9.17) is 5.53 Å². The number of benzene rings is 4. The molecule has 0 saturated heterocycles. The third-order valence-electron chi connectivity index (χ3n) is 10.9. The number of allylic oxidation sites excluding steroid dienone is 4. The second-order valence-electron chi connectivity index (χ2n) is 15.0. The number of carbonyl (C=O) groups is 1. The summed E-state index contributed by atoms with van der Waals surface area (Å²) in [5, 5.41) is 11.7. The molecule has 264 valence electrons. The number of fused-ring (bicyclic) bond motifs is 6. The molecule has 0 saturated carbocycles. The van der Waals surface area contributed by atoms with Crippen LogP contribution >= 0.6 is 0 Å². The van der Waals surface area contributed by atoms with Crippen LogP contribution in [0.15, 0.2) is 102 Å². The Balaban J connectivity index is 1.29. The Kier molecular flexibility index (Phi) is 11.0. The van der Waals surface area contributed by atoms with E-state index in [0.717, 1.165) is 45.2 Å². The molecule has 0 aromatic heterocycles. The monoisotopic (exact) mass is 681 g/mol. The van der Waals surface area contributed by atoms with Crippen molar-refractivity contribution in [3.63, 3.8) is 0 Å². The summed E-state index contributed by atoms with van der Waals surface area (Å²) in [4.78, 5) is 17.7. The Labute approximate surface area is 303 Å². The maximum absolute atomic E-state index is 12.4. The van der Waals surface area contributed by atoms with Gasteiger partial charge >= 0.3 is 0 Å². The molecule has 7 nitrogen and oxygen atoms in total. The fourth-order valence-electron chi connectivity index (χ4n) is 8.34. The summed E-state index contributed by atoms with van der Waals surface area (Å²) in [7, 11) is 0. The van der Waals surface area contributed by atoms with Crippen molar-refractivity contribution in [3.05, 3.63) is 118 Å². The van der Waals surface area contributed by atoms with E-state index >= 15 is 0 Å². The molecule has 0 bridgehead atoms. The summed E-state index contributed by atoms with van der Waals surface area (Å²) in [6, 6.07) is 26.7. The zero-order chi connectivity index (χ0) is 36.0. The van der Waals surface area contributed by atoms with E-state index in [1.54, 1.807) is 0 Å². The van der Waals surface area contributed by atoms with Crippen LogP contribution in [0.2, 0.25) is 0 Å². The molecule has 2 aliphatic rings. The predicted molar refractivity (Wildman–Crippen MR) is 213 cm³/mol. The topological polar surface area (TPSA) is 84.1 Å². The Morgan fingerprint density at radius 1 is 0.863 bits per heavy atom. The van der Waals surface area contributed by atoms with Crippen molar-refractivity contribution in [2.75, 3.05) is 31.1 Å². The molecule has 0 atom stereocenters. The summed E-state index contributed by atoms with van der Waals surface area (Å²) in [6.45, 7) is 14.6. The minimum absolute atomic E-state index is 0.0660. The smallest absolute Gasteiger partial charge is 0.219 e. The maximum atomic E-state index is 12.4. The third kappa shape index (κ3) is 7.18. The average Bonchev–Trinajstić information content (AvgIpc) is 3.48. The van der Waals surface area contributed by atoms with Gasteiger partial charge in [0.05, 0.1) is 5.41 Å². The highest BCUT2D eigenvalue weighted by molar-refractivity contribution is 6.07. The van der Waals surface area contributed by atoms with Crippen LogP contribution in [0.5, 0.6) is 0 Å². The summed E-state index contributed by atoms with van der Waals surface area (Å²) < 4.78 is 2.53. The molecule has 4 aromatic rings. The van der Waals surface area contributed by atoms with Crippen LogP contribution in [0.25, 0.3) is 32.0 Å². The predicted octanol–water partition coefficient (Wildman–Crippen LogP) is 10.8. The minimum atomic E-state index is -0.188. The SMILES string of the molecule is CCCCN1C(=CC=CC2=[N+](CCCCCC(=O)NCCCN=[N+]=[N-])c3ccc4ccccc4c3C2(C)C)C(C)(C)c2c1ccc1ccccc21. The lowest BCUT2D eigenvalue weighted by Gasteiger charge is -2.27. The second kappa shape index (κ2) is 15.6. The maximum Gasteiger partial charge on any atom is 0.219 e. The molecule has 0 fully saturated rings. The molecule has 1 amide bonds. The first kappa shape index (κ1) is 35.9. The first-order chi connectivity index (χ1) is 24.7. The van der Waals surface area contributed by atoms with Gasteiger partial charge in [-0.1, -0.05) is 93.0 Å². The van der Waals surface area contributed by atoms with E-state index in [1.807, 2.05) is 0 Å². The van der Waals surface area contributed by atoms with Gasteiger partial charge < -0.3 is 10.2 Å². The van der Waals surface area contributed by atoms with Gasteiger partial charge in [-0.15, -0.1) is 0 Å². The van der Waals surface area contributed by atoms with E-state index in [-0.39, 0.29) is 16.7 Å². The van der Waals surface area contributed by atoms with Gasteiger partial charge in [-0.3, -0.25) is 4.79 Å². The number of unbranched alkanes of at least 4 members (excludes halogenated alkanes) is 3. The molecule has 0 unspecified atom stereocenters. The van der Waals surface area contributed by atoms with Gasteiger partial charge in [-0.25, -0.2) is 0 Å². The second-order valence-corrected chi connectivity index (χ2v) is 15.0. The lowest BCUT2D eigenvalue weighted by Crippen LogP contribution is -2.28. The largest absolute Gasteiger partial charge is 0.356 e. The number of azide groups is 1. The van der Waals surface area contributed by atoms with E-state index < -0.39 is 0 Å². The highest BCUT2D eigenvalue weighted by Crippen LogP contribution is 2.51. The summed E-state index contributed by atoms with van der Waals surface area (Å²) in [5.41, 5.74) is 16.2. The Bertz CT molecular complexity index is 2060. The highest BCUT2D eigenvalue weighted by atomic mass is 16.1. The zero-order valence-corrected chi connectivity index (χ0v) is 31.1. The van der Waals surface area contributed by atoms with Gasteiger partial charge in [0.2, 0.25) is 11.6 Å². The number of amides is 1. The van der Waals surface area contributed by atoms with E-state index in [9.17, 15) is 4.79 Å². The molecule has 2 aliphatic heterocycles. The molecule has 6 rings (SSSR count). The van der Waals surface area contributed by atoms with Crippen molar-refractivity contribution in [1.29, 1.82) is 0 Å². The minimum Gasteiger partial charge on any atom is -0.356 e. The molecule has 1 N–H and O–H groups in total. The lowest BCUT2D eigenvalue weighted by atomic mass is 9.79. The first-order valence-electron chi connectivity index (χ1n) is 18.8. The van der Waals surface area contributed by atoms with Crippen LogP contribution < -0.4 is 10.2 Å². The number of anilines is 1.